The molecule has 0 aliphatic carbocycles. The first-order valence-electron chi connectivity index (χ1n) is 7.71. The highest BCUT2D eigenvalue weighted by molar-refractivity contribution is 8.93. The lowest BCUT2D eigenvalue weighted by Gasteiger charge is -2.21. The predicted octanol–water partition coefficient (Wildman–Crippen LogP) is 3.93. The average molecular weight is 389 g/mol. The molecule has 124 valence electrons. The van der Waals surface area contributed by atoms with E-state index in [9.17, 15) is 9.90 Å². The molecule has 0 radical (unpaired) electrons. The number of phenolic OH excluding ortho intramolecular Hbond substituents is 1. The Morgan fingerprint density at radius 2 is 1.95 bits per heavy atom. The fraction of sp³-hybridized carbons (Fsp3) is 0.562. The predicted molar refractivity (Wildman–Crippen MR) is 99.8 cm³/mol. The van der Waals surface area contributed by atoms with Gasteiger partial charge in [-0.15, -0.1) is 17.0 Å². The molecule has 4 nitrogen and oxygen atoms in total. The average Bonchev–Trinajstić information content (AvgIpc) is 2.86. The van der Waals surface area contributed by atoms with Crippen LogP contribution in [0.25, 0.3) is 10.2 Å². The third-order valence-corrected chi connectivity index (χ3v) is 4.66. The molecule has 0 spiro atoms. The highest BCUT2D eigenvalue weighted by atomic mass is 79.9. The molecule has 1 aromatic carbocycles. The lowest BCUT2D eigenvalue weighted by Crippen LogP contribution is -2.28. The number of unbranched alkanes of at least 4 members (excludes halogenated alkanes) is 1. The van der Waals surface area contributed by atoms with Gasteiger partial charge in [-0.3, -0.25) is 4.79 Å². The van der Waals surface area contributed by atoms with Crippen molar-refractivity contribution in [2.24, 2.45) is 0 Å². The SMILES string of the molecule is Br.CCCCN(CCC)CCc1ccc(O)c2[nH]c(=O)sc12. The molecule has 1 aromatic heterocycles. The molecule has 2 aromatic rings. The van der Waals surface area contributed by atoms with Crippen molar-refractivity contribution in [2.45, 2.75) is 39.5 Å². The molecule has 6 heteroatoms. The van der Waals surface area contributed by atoms with Crippen molar-refractivity contribution >= 4 is 38.5 Å². The summed E-state index contributed by atoms with van der Waals surface area (Å²) < 4.78 is 0.895. The molecule has 2 N–H and O–H groups in total. The summed E-state index contributed by atoms with van der Waals surface area (Å²) in [5.74, 6) is 0.156. The van der Waals surface area contributed by atoms with Gasteiger partial charge in [-0.25, -0.2) is 0 Å². The Hall–Kier alpha value is -0.850. The summed E-state index contributed by atoms with van der Waals surface area (Å²) >= 11 is 1.19. The summed E-state index contributed by atoms with van der Waals surface area (Å²) in [6.45, 7) is 7.67. The number of rotatable bonds is 8. The minimum Gasteiger partial charge on any atom is -0.506 e. The van der Waals surface area contributed by atoms with Crippen LogP contribution in [0.5, 0.6) is 5.75 Å². The molecular weight excluding hydrogens is 364 g/mol. The van der Waals surface area contributed by atoms with Crippen LogP contribution in [0.15, 0.2) is 16.9 Å². The van der Waals surface area contributed by atoms with E-state index in [-0.39, 0.29) is 27.6 Å². The number of nitrogens with zero attached hydrogens (tertiary/aromatic N) is 1. The first-order chi connectivity index (χ1) is 10.2. The number of hydrogen-bond donors (Lipinski definition) is 2. The second-order valence-electron chi connectivity index (χ2n) is 5.41. The van der Waals surface area contributed by atoms with Crippen LogP contribution in [-0.4, -0.2) is 34.6 Å². The Balaban J connectivity index is 0.00000242. The zero-order valence-electron chi connectivity index (χ0n) is 13.2. The monoisotopic (exact) mass is 388 g/mol. The second kappa shape index (κ2) is 9.33. The molecule has 1 heterocycles. The first-order valence-corrected chi connectivity index (χ1v) is 8.53. The van der Waals surface area contributed by atoms with E-state index in [1.54, 1.807) is 6.07 Å². The van der Waals surface area contributed by atoms with Crippen molar-refractivity contribution in [3.05, 3.63) is 27.4 Å². The van der Waals surface area contributed by atoms with Gasteiger partial charge in [-0.1, -0.05) is 37.7 Å². The Labute approximate surface area is 145 Å². The molecule has 0 fully saturated rings. The van der Waals surface area contributed by atoms with Crippen LogP contribution >= 0.6 is 28.3 Å². The number of benzene rings is 1. The van der Waals surface area contributed by atoms with E-state index in [4.69, 9.17) is 0 Å². The first kappa shape index (κ1) is 19.2. The minimum atomic E-state index is -0.107. The summed E-state index contributed by atoms with van der Waals surface area (Å²) in [7, 11) is 0. The van der Waals surface area contributed by atoms with Gasteiger partial charge in [0.25, 0.3) is 0 Å². The van der Waals surface area contributed by atoms with Crippen molar-refractivity contribution in [2.75, 3.05) is 19.6 Å². The highest BCUT2D eigenvalue weighted by Crippen LogP contribution is 2.28. The van der Waals surface area contributed by atoms with Crippen molar-refractivity contribution in [1.82, 2.24) is 9.88 Å². The van der Waals surface area contributed by atoms with E-state index >= 15 is 0 Å². The Kier molecular flexibility index (Phi) is 8.14. The largest absolute Gasteiger partial charge is 0.506 e. The van der Waals surface area contributed by atoms with Gasteiger partial charge in [0.15, 0.2) is 0 Å². The van der Waals surface area contributed by atoms with E-state index in [1.807, 2.05) is 6.07 Å². The van der Waals surface area contributed by atoms with Gasteiger partial charge in [0, 0.05) is 6.54 Å². The minimum absolute atomic E-state index is 0. The lowest BCUT2D eigenvalue weighted by molar-refractivity contribution is 0.273. The molecule has 0 aliphatic rings. The topological polar surface area (TPSA) is 56.3 Å². The van der Waals surface area contributed by atoms with Gasteiger partial charge in [-0.2, -0.15) is 0 Å². The Bertz CT molecular complexity index is 639. The van der Waals surface area contributed by atoms with Crippen LogP contribution in [0.4, 0.5) is 0 Å². The van der Waals surface area contributed by atoms with E-state index in [2.05, 4.69) is 23.7 Å². The van der Waals surface area contributed by atoms with Crippen LogP contribution in [0, 0.1) is 0 Å². The highest BCUT2D eigenvalue weighted by Gasteiger charge is 2.11. The Morgan fingerprint density at radius 1 is 1.18 bits per heavy atom. The zero-order valence-corrected chi connectivity index (χ0v) is 15.8. The number of H-pyrrole nitrogens is 1. The maximum atomic E-state index is 11.5. The number of aromatic hydroxyl groups is 1. The third kappa shape index (κ3) is 4.83. The van der Waals surface area contributed by atoms with Gasteiger partial charge in [0.1, 0.15) is 11.3 Å². The Morgan fingerprint density at radius 3 is 2.64 bits per heavy atom. The van der Waals surface area contributed by atoms with Gasteiger partial charge in [0.2, 0.25) is 0 Å². The summed E-state index contributed by atoms with van der Waals surface area (Å²) in [5, 5.41) is 9.81. The molecule has 0 unspecified atom stereocenters. The van der Waals surface area contributed by atoms with Gasteiger partial charge in [0.05, 0.1) is 4.70 Å². The summed E-state index contributed by atoms with van der Waals surface area (Å²) in [6, 6.07) is 3.61. The quantitative estimate of drug-likeness (QED) is 0.719. The number of phenols is 1. The number of fused-ring (bicyclic) bond motifs is 1. The summed E-state index contributed by atoms with van der Waals surface area (Å²) in [6.07, 6.45) is 4.51. The van der Waals surface area contributed by atoms with Crippen molar-refractivity contribution < 1.29 is 5.11 Å². The van der Waals surface area contributed by atoms with Crippen LogP contribution in [-0.2, 0) is 6.42 Å². The standard InChI is InChI=1S/C16H24N2O2S.BrH/c1-3-5-10-18(9-4-2)11-8-12-6-7-13(19)14-15(12)21-16(20)17-14;/h6-7,19H,3-5,8-11H2,1-2H3,(H,17,20);1H. The number of aromatic amines is 1. The summed E-state index contributed by atoms with van der Waals surface area (Å²) in [4.78, 5) is 16.6. The molecule has 22 heavy (non-hydrogen) atoms. The van der Waals surface area contributed by atoms with Crippen LogP contribution in [0.3, 0.4) is 0 Å². The molecule has 0 saturated heterocycles. The normalized spacial score (nSPS) is 11.0. The van der Waals surface area contributed by atoms with Crippen molar-refractivity contribution in [1.29, 1.82) is 0 Å². The lowest BCUT2D eigenvalue weighted by atomic mass is 10.1. The number of aromatic nitrogens is 1. The van der Waals surface area contributed by atoms with Crippen LogP contribution in [0.1, 0.15) is 38.7 Å². The van der Waals surface area contributed by atoms with Crippen molar-refractivity contribution in [3.8, 4) is 5.75 Å². The van der Waals surface area contributed by atoms with Gasteiger partial charge in [-0.05, 0) is 44.0 Å². The van der Waals surface area contributed by atoms with Gasteiger partial charge < -0.3 is 15.0 Å². The van der Waals surface area contributed by atoms with Crippen LogP contribution in [0.2, 0.25) is 0 Å². The zero-order chi connectivity index (χ0) is 15.2. The van der Waals surface area contributed by atoms with E-state index in [1.165, 1.54) is 24.2 Å². The maximum absolute atomic E-state index is 11.5. The molecular formula is C16H25BrN2O2S. The van der Waals surface area contributed by atoms with E-state index in [0.717, 1.165) is 42.7 Å². The molecule has 0 amide bonds. The second-order valence-corrected chi connectivity index (χ2v) is 6.39. The molecule has 0 saturated carbocycles. The fourth-order valence-corrected chi connectivity index (χ4v) is 3.48. The summed E-state index contributed by atoms with van der Waals surface area (Å²) in [5.41, 5.74) is 1.72. The third-order valence-electron chi connectivity index (χ3n) is 3.70. The number of hydrogen-bond acceptors (Lipinski definition) is 4. The number of thiazole rings is 1. The van der Waals surface area contributed by atoms with E-state index in [0.29, 0.717) is 5.52 Å². The van der Waals surface area contributed by atoms with Crippen molar-refractivity contribution in [3.63, 3.8) is 0 Å². The molecule has 0 atom stereocenters. The van der Waals surface area contributed by atoms with Crippen LogP contribution < -0.4 is 4.87 Å². The maximum Gasteiger partial charge on any atom is 0.305 e. The molecule has 0 aliphatic heterocycles. The fourth-order valence-electron chi connectivity index (χ4n) is 2.58. The van der Waals surface area contributed by atoms with E-state index < -0.39 is 0 Å². The number of halogens is 1. The molecule has 2 rings (SSSR count). The number of nitrogens with one attached hydrogen (secondary N) is 1. The molecule has 0 bridgehead atoms. The van der Waals surface area contributed by atoms with Gasteiger partial charge >= 0.3 is 4.87 Å². The smallest absolute Gasteiger partial charge is 0.305 e.